The Hall–Kier alpha value is -1.42. The zero-order valence-electron chi connectivity index (χ0n) is 15.6. The number of carboxylic acid groups (broad SMARTS) is 1. The maximum absolute atomic E-state index is 12.0. The molecule has 10 atom stereocenters. The average molecular weight is 425 g/mol. The first-order chi connectivity index (χ1) is 13.6. The minimum atomic E-state index is -1.95. The van der Waals surface area contributed by atoms with Gasteiger partial charge in [-0.3, -0.25) is 4.79 Å². The molecule has 0 saturated carbocycles. The second-order valence-corrected chi connectivity index (χ2v) is 6.92. The molecular formula is C16H27NO12. The lowest BCUT2D eigenvalue weighted by Gasteiger charge is -2.46. The van der Waals surface area contributed by atoms with Crippen LogP contribution in [-0.2, 0) is 23.8 Å². The zero-order chi connectivity index (χ0) is 21.9. The Morgan fingerprint density at radius 1 is 1.00 bits per heavy atom. The summed E-state index contributed by atoms with van der Waals surface area (Å²) in [5, 5.41) is 71.2. The highest BCUT2D eigenvalue weighted by molar-refractivity contribution is 5.76. The van der Waals surface area contributed by atoms with Gasteiger partial charge in [0, 0.05) is 6.42 Å². The second kappa shape index (κ2) is 10.1. The number of hydrogen-bond acceptors (Lipinski definition) is 11. The summed E-state index contributed by atoms with van der Waals surface area (Å²) in [6, 6.07) is -1.37. The van der Waals surface area contributed by atoms with E-state index in [0.717, 1.165) is 0 Å². The van der Waals surface area contributed by atoms with E-state index in [4.69, 9.17) is 19.3 Å². The Morgan fingerprint density at radius 3 is 2.21 bits per heavy atom. The van der Waals surface area contributed by atoms with Gasteiger partial charge in [-0.2, -0.15) is 0 Å². The highest BCUT2D eigenvalue weighted by Gasteiger charge is 2.52. The van der Waals surface area contributed by atoms with Gasteiger partial charge in [-0.05, 0) is 6.42 Å². The lowest BCUT2D eigenvalue weighted by molar-refractivity contribution is -0.336. The summed E-state index contributed by atoms with van der Waals surface area (Å²) in [7, 11) is 0. The van der Waals surface area contributed by atoms with Crippen LogP contribution in [-0.4, -0.2) is 116 Å². The normalized spacial score (nSPS) is 43.0. The summed E-state index contributed by atoms with van der Waals surface area (Å²) < 4.78 is 15.5. The number of nitrogens with one attached hydrogen (secondary N) is 1. The van der Waals surface area contributed by atoms with Crippen LogP contribution >= 0.6 is 0 Å². The maximum Gasteiger partial charge on any atom is 0.335 e. The summed E-state index contributed by atoms with van der Waals surface area (Å²) >= 11 is 0. The quantitative estimate of drug-likeness (QED) is 0.194. The highest BCUT2D eigenvalue weighted by Crippen LogP contribution is 2.28. The smallest absolute Gasteiger partial charge is 0.335 e. The van der Waals surface area contributed by atoms with E-state index in [-0.39, 0.29) is 6.42 Å². The SMILES string of the molecule is CCCC(=O)N[C@@H]1[C@@H](O[C@@H]2O[C@H](C(=O)O)[C@@H](O)[C@H](O)[C@H]2O)[C@H](O)[C@@H](CO)O[C@H]1O. The Balaban J connectivity index is 2.25. The number of rotatable bonds is 7. The molecule has 13 nitrogen and oxygen atoms in total. The van der Waals surface area contributed by atoms with Crippen LogP contribution in [0.4, 0.5) is 0 Å². The van der Waals surface area contributed by atoms with Gasteiger partial charge in [0.15, 0.2) is 18.7 Å². The Bertz CT molecular complexity index is 576. The molecule has 0 aromatic rings. The van der Waals surface area contributed by atoms with Crippen molar-refractivity contribution in [2.45, 2.75) is 81.1 Å². The van der Waals surface area contributed by atoms with Gasteiger partial charge in [0.25, 0.3) is 0 Å². The largest absolute Gasteiger partial charge is 0.479 e. The molecule has 0 radical (unpaired) electrons. The van der Waals surface area contributed by atoms with Gasteiger partial charge in [-0.25, -0.2) is 4.79 Å². The molecule has 2 aliphatic rings. The van der Waals surface area contributed by atoms with Crippen molar-refractivity contribution in [3.05, 3.63) is 0 Å². The third-order valence-electron chi connectivity index (χ3n) is 4.78. The molecule has 2 aliphatic heterocycles. The predicted molar refractivity (Wildman–Crippen MR) is 90.0 cm³/mol. The topological polar surface area (TPSA) is 215 Å². The Morgan fingerprint density at radius 2 is 1.66 bits per heavy atom. The van der Waals surface area contributed by atoms with Crippen molar-refractivity contribution < 1.29 is 59.5 Å². The van der Waals surface area contributed by atoms with E-state index in [9.17, 15) is 40.2 Å². The summed E-state index contributed by atoms with van der Waals surface area (Å²) in [6.07, 6.45) is -15.2. The van der Waals surface area contributed by atoms with E-state index >= 15 is 0 Å². The van der Waals surface area contributed by atoms with Crippen molar-refractivity contribution in [3.8, 4) is 0 Å². The van der Waals surface area contributed by atoms with Gasteiger partial charge in [0.05, 0.1) is 6.61 Å². The summed E-state index contributed by atoms with van der Waals surface area (Å²) in [4.78, 5) is 23.2. The molecule has 0 aliphatic carbocycles. The van der Waals surface area contributed by atoms with Gasteiger partial charge in [0.1, 0.15) is 42.7 Å². The fourth-order valence-electron chi connectivity index (χ4n) is 3.20. The van der Waals surface area contributed by atoms with E-state index in [1.807, 2.05) is 0 Å². The lowest BCUT2D eigenvalue weighted by Crippen LogP contribution is -2.68. The fourth-order valence-corrected chi connectivity index (χ4v) is 3.20. The number of carbonyl (C=O) groups excluding carboxylic acids is 1. The van der Waals surface area contributed by atoms with Crippen molar-refractivity contribution in [1.82, 2.24) is 5.32 Å². The van der Waals surface area contributed by atoms with Crippen LogP contribution < -0.4 is 5.32 Å². The molecule has 2 heterocycles. The van der Waals surface area contributed by atoms with E-state index in [1.165, 1.54) is 0 Å². The molecule has 0 bridgehead atoms. The predicted octanol–water partition coefficient (Wildman–Crippen LogP) is -4.38. The number of aliphatic hydroxyl groups is 6. The third-order valence-corrected chi connectivity index (χ3v) is 4.78. The van der Waals surface area contributed by atoms with Crippen molar-refractivity contribution in [1.29, 1.82) is 0 Å². The number of aliphatic carboxylic acids is 1. The van der Waals surface area contributed by atoms with Gasteiger partial charge in [0.2, 0.25) is 5.91 Å². The molecule has 0 aromatic heterocycles. The van der Waals surface area contributed by atoms with Crippen molar-refractivity contribution in [2.75, 3.05) is 6.61 Å². The molecule has 0 unspecified atom stereocenters. The minimum absolute atomic E-state index is 0.0873. The number of aliphatic hydroxyl groups excluding tert-OH is 6. The minimum Gasteiger partial charge on any atom is -0.479 e. The van der Waals surface area contributed by atoms with Crippen LogP contribution in [0.3, 0.4) is 0 Å². The number of amides is 1. The van der Waals surface area contributed by atoms with E-state index in [1.54, 1.807) is 6.92 Å². The van der Waals surface area contributed by atoms with Gasteiger partial charge in [-0.1, -0.05) is 6.92 Å². The molecule has 2 rings (SSSR count). The monoisotopic (exact) mass is 425 g/mol. The summed E-state index contributed by atoms with van der Waals surface area (Å²) in [6.45, 7) is 1.02. The van der Waals surface area contributed by atoms with Crippen LogP contribution in [0.15, 0.2) is 0 Å². The van der Waals surface area contributed by atoms with Gasteiger partial charge in [-0.15, -0.1) is 0 Å². The van der Waals surface area contributed by atoms with E-state index in [0.29, 0.717) is 6.42 Å². The first-order valence-electron chi connectivity index (χ1n) is 9.12. The zero-order valence-corrected chi connectivity index (χ0v) is 15.6. The second-order valence-electron chi connectivity index (χ2n) is 6.92. The number of carbonyl (C=O) groups is 2. The average Bonchev–Trinajstić information content (AvgIpc) is 2.66. The Kier molecular flexibility index (Phi) is 8.28. The molecule has 0 spiro atoms. The molecule has 168 valence electrons. The summed E-state index contributed by atoms with van der Waals surface area (Å²) in [5.74, 6) is -2.14. The molecule has 1 amide bonds. The fraction of sp³-hybridized carbons (Fsp3) is 0.875. The molecule has 0 aromatic carbocycles. The molecule has 13 heteroatoms. The van der Waals surface area contributed by atoms with Crippen LogP contribution in [0.5, 0.6) is 0 Å². The lowest BCUT2D eigenvalue weighted by atomic mass is 9.95. The first kappa shape index (κ1) is 23.9. The molecule has 2 saturated heterocycles. The molecular weight excluding hydrogens is 398 g/mol. The number of carboxylic acids is 1. The van der Waals surface area contributed by atoms with Crippen LogP contribution in [0.2, 0.25) is 0 Å². The maximum atomic E-state index is 12.0. The number of ether oxygens (including phenoxy) is 3. The van der Waals surface area contributed by atoms with Crippen molar-refractivity contribution in [2.24, 2.45) is 0 Å². The van der Waals surface area contributed by atoms with E-state index in [2.05, 4.69) is 5.32 Å². The van der Waals surface area contributed by atoms with Crippen LogP contribution in [0, 0.1) is 0 Å². The molecule has 29 heavy (non-hydrogen) atoms. The van der Waals surface area contributed by atoms with Gasteiger partial charge < -0.3 is 55.3 Å². The third kappa shape index (κ3) is 5.20. The van der Waals surface area contributed by atoms with E-state index < -0.39 is 79.8 Å². The Labute approximate surface area is 165 Å². The standard InChI is InChI=1S/C16H27NO12/c1-2-3-6(19)17-7-12(8(20)5(4-18)27-15(7)26)28-16-11(23)9(21)10(22)13(29-16)14(24)25/h5,7-13,15-16,18,20-23,26H,2-4H2,1H3,(H,17,19)(H,24,25)/t5-,7-,8-,9+,10+,11-,12-,13+,15-,16-/m1/s1. The van der Waals surface area contributed by atoms with Gasteiger partial charge >= 0.3 is 5.97 Å². The molecule has 2 fully saturated rings. The summed E-state index contributed by atoms with van der Waals surface area (Å²) in [5.41, 5.74) is 0. The highest BCUT2D eigenvalue weighted by atomic mass is 16.7. The van der Waals surface area contributed by atoms with Crippen LogP contribution in [0.1, 0.15) is 19.8 Å². The van der Waals surface area contributed by atoms with Crippen molar-refractivity contribution in [3.63, 3.8) is 0 Å². The van der Waals surface area contributed by atoms with Crippen molar-refractivity contribution >= 4 is 11.9 Å². The number of hydrogen-bond donors (Lipinski definition) is 8. The first-order valence-corrected chi connectivity index (χ1v) is 9.12. The molecule has 8 N–H and O–H groups in total. The van der Waals surface area contributed by atoms with Crippen LogP contribution in [0.25, 0.3) is 0 Å².